The van der Waals surface area contributed by atoms with E-state index >= 15 is 0 Å². The second-order valence-electron chi connectivity index (χ2n) is 3.74. The lowest BCUT2D eigenvalue weighted by Crippen LogP contribution is -1.84. The van der Waals surface area contributed by atoms with Gasteiger partial charge in [-0.2, -0.15) is 0 Å². The largest absolute Gasteiger partial charge is 0.256 e. The maximum atomic E-state index is 6.10. The van der Waals surface area contributed by atoms with Crippen LogP contribution in [0.15, 0.2) is 54.9 Å². The van der Waals surface area contributed by atoms with Gasteiger partial charge in [0.25, 0.3) is 0 Å². The highest BCUT2D eigenvalue weighted by Crippen LogP contribution is 2.25. The molecule has 0 bridgehead atoms. The molecular formula is C14H9ClN2. The summed E-state index contributed by atoms with van der Waals surface area (Å²) in [6.07, 6.45) is 3.50. The van der Waals surface area contributed by atoms with Crippen LogP contribution in [0.25, 0.3) is 22.2 Å². The number of pyridine rings is 2. The standard InChI is InChI=1S/C14H9ClN2/c15-12-6-8-17-14-9-10(4-5-11(12)14)13-3-1-2-7-16-13/h1-9H. The van der Waals surface area contributed by atoms with Gasteiger partial charge in [-0.05, 0) is 24.3 Å². The van der Waals surface area contributed by atoms with Gasteiger partial charge < -0.3 is 0 Å². The van der Waals surface area contributed by atoms with Gasteiger partial charge in [0, 0.05) is 23.3 Å². The molecule has 0 aliphatic carbocycles. The molecule has 82 valence electrons. The molecule has 0 saturated carbocycles. The Morgan fingerprint density at radius 3 is 2.65 bits per heavy atom. The minimum absolute atomic E-state index is 0.725. The molecule has 0 amide bonds. The highest BCUT2D eigenvalue weighted by Gasteiger charge is 2.03. The molecule has 3 rings (SSSR count). The van der Waals surface area contributed by atoms with E-state index in [4.69, 9.17) is 11.6 Å². The molecular weight excluding hydrogens is 232 g/mol. The molecule has 0 saturated heterocycles. The Morgan fingerprint density at radius 1 is 0.882 bits per heavy atom. The number of hydrogen-bond donors (Lipinski definition) is 0. The van der Waals surface area contributed by atoms with Crippen molar-refractivity contribution >= 4 is 22.5 Å². The quantitative estimate of drug-likeness (QED) is 0.644. The van der Waals surface area contributed by atoms with Crippen LogP contribution in [-0.4, -0.2) is 9.97 Å². The van der Waals surface area contributed by atoms with Gasteiger partial charge in [-0.1, -0.05) is 29.8 Å². The predicted molar refractivity (Wildman–Crippen MR) is 70.0 cm³/mol. The fraction of sp³-hybridized carbons (Fsp3) is 0. The normalized spacial score (nSPS) is 10.6. The molecule has 0 spiro atoms. The summed E-state index contributed by atoms with van der Waals surface area (Å²) in [4.78, 5) is 8.63. The Bertz CT molecular complexity index is 665. The van der Waals surface area contributed by atoms with Crippen LogP contribution in [-0.2, 0) is 0 Å². The minimum Gasteiger partial charge on any atom is -0.256 e. The van der Waals surface area contributed by atoms with Crippen molar-refractivity contribution in [3.05, 3.63) is 59.9 Å². The van der Waals surface area contributed by atoms with Gasteiger partial charge in [-0.3, -0.25) is 9.97 Å². The van der Waals surface area contributed by atoms with Gasteiger partial charge in [0.2, 0.25) is 0 Å². The summed E-state index contributed by atoms with van der Waals surface area (Å²) in [5, 5.41) is 1.69. The lowest BCUT2D eigenvalue weighted by molar-refractivity contribution is 1.32. The predicted octanol–water partition coefficient (Wildman–Crippen LogP) is 3.95. The summed E-state index contributed by atoms with van der Waals surface area (Å²) < 4.78 is 0. The van der Waals surface area contributed by atoms with E-state index in [-0.39, 0.29) is 0 Å². The number of fused-ring (bicyclic) bond motifs is 1. The van der Waals surface area contributed by atoms with E-state index < -0.39 is 0 Å². The third kappa shape index (κ3) is 1.87. The van der Waals surface area contributed by atoms with Gasteiger partial charge in [0.05, 0.1) is 16.2 Å². The average molecular weight is 241 g/mol. The SMILES string of the molecule is Clc1ccnc2cc(-c3ccccn3)ccc12. The molecule has 2 heterocycles. The number of halogens is 1. The van der Waals surface area contributed by atoms with Gasteiger partial charge in [0.1, 0.15) is 0 Å². The second-order valence-corrected chi connectivity index (χ2v) is 4.15. The number of nitrogens with zero attached hydrogens (tertiary/aromatic N) is 2. The fourth-order valence-electron chi connectivity index (χ4n) is 1.81. The topological polar surface area (TPSA) is 25.8 Å². The van der Waals surface area contributed by atoms with Crippen LogP contribution >= 0.6 is 11.6 Å². The summed E-state index contributed by atoms with van der Waals surface area (Å²) in [6.45, 7) is 0. The van der Waals surface area contributed by atoms with Crippen molar-refractivity contribution in [1.82, 2.24) is 9.97 Å². The first kappa shape index (κ1) is 10.2. The molecule has 0 atom stereocenters. The Balaban J connectivity index is 2.21. The van der Waals surface area contributed by atoms with E-state index in [0.717, 1.165) is 27.2 Å². The van der Waals surface area contributed by atoms with Crippen molar-refractivity contribution in [3.63, 3.8) is 0 Å². The first-order valence-electron chi connectivity index (χ1n) is 5.30. The molecule has 2 aromatic heterocycles. The zero-order valence-electron chi connectivity index (χ0n) is 8.97. The van der Waals surface area contributed by atoms with Crippen LogP contribution in [0, 0.1) is 0 Å². The third-order valence-electron chi connectivity index (χ3n) is 2.65. The van der Waals surface area contributed by atoms with Crippen molar-refractivity contribution in [2.75, 3.05) is 0 Å². The lowest BCUT2D eigenvalue weighted by atomic mass is 10.1. The molecule has 2 nitrogen and oxygen atoms in total. The van der Waals surface area contributed by atoms with Crippen molar-refractivity contribution in [2.45, 2.75) is 0 Å². The van der Waals surface area contributed by atoms with Crippen molar-refractivity contribution < 1.29 is 0 Å². The molecule has 17 heavy (non-hydrogen) atoms. The summed E-state index contributed by atoms with van der Waals surface area (Å²) in [6, 6.07) is 13.6. The monoisotopic (exact) mass is 240 g/mol. The summed E-state index contributed by atoms with van der Waals surface area (Å²) in [5.41, 5.74) is 2.88. The Hall–Kier alpha value is -1.93. The number of rotatable bonds is 1. The minimum atomic E-state index is 0.725. The van der Waals surface area contributed by atoms with Gasteiger partial charge in [0.15, 0.2) is 0 Å². The molecule has 0 fully saturated rings. The first-order chi connectivity index (χ1) is 8.34. The third-order valence-corrected chi connectivity index (χ3v) is 2.98. The van der Waals surface area contributed by atoms with Crippen LogP contribution in [0.2, 0.25) is 5.02 Å². The fourth-order valence-corrected chi connectivity index (χ4v) is 2.02. The van der Waals surface area contributed by atoms with E-state index in [1.165, 1.54) is 0 Å². The maximum absolute atomic E-state index is 6.10. The lowest BCUT2D eigenvalue weighted by Gasteiger charge is -2.03. The van der Waals surface area contributed by atoms with Crippen LogP contribution in [0.5, 0.6) is 0 Å². The molecule has 0 aliphatic rings. The Kier molecular flexibility index (Phi) is 2.50. The van der Waals surface area contributed by atoms with Crippen molar-refractivity contribution in [2.24, 2.45) is 0 Å². The highest BCUT2D eigenvalue weighted by atomic mass is 35.5. The summed E-state index contributed by atoms with van der Waals surface area (Å²) >= 11 is 6.10. The molecule has 0 unspecified atom stereocenters. The van der Waals surface area contributed by atoms with Gasteiger partial charge in [-0.15, -0.1) is 0 Å². The van der Waals surface area contributed by atoms with Crippen molar-refractivity contribution in [3.8, 4) is 11.3 Å². The highest BCUT2D eigenvalue weighted by molar-refractivity contribution is 6.35. The number of aromatic nitrogens is 2. The van der Waals surface area contributed by atoms with E-state index in [1.807, 2.05) is 36.4 Å². The smallest absolute Gasteiger partial charge is 0.0723 e. The number of hydrogen-bond acceptors (Lipinski definition) is 2. The van der Waals surface area contributed by atoms with E-state index in [1.54, 1.807) is 18.5 Å². The van der Waals surface area contributed by atoms with Gasteiger partial charge in [-0.25, -0.2) is 0 Å². The number of benzene rings is 1. The summed E-state index contributed by atoms with van der Waals surface area (Å²) in [7, 11) is 0. The summed E-state index contributed by atoms with van der Waals surface area (Å²) in [5.74, 6) is 0. The van der Waals surface area contributed by atoms with Crippen LogP contribution < -0.4 is 0 Å². The second kappa shape index (κ2) is 4.15. The molecule has 3 aromatic rings. The first-order valence-corrected chi connectivity index (χ1v) is 5.68. The van der Waals surface area contributed by atoms with Crippen molar-refractivity contribution in [1.29, 1.82) is 0 Å². The zero-order valence-corrected chi connectivity index (χ0v) is 9.72. The van der Waals surface area contributed by atoms with E-state index in [2.05, 4.69) is 9.97 Å². The molecule has 0 radical (unpaired) electrons. The maximum Gasteiger partial charge on any atom is 0.0723 e. The molecule has 1 aromatic carbocycles. The Labute approximate surface area is 104 Å². The van der Waals surface area contributed by atoms with Gasteiger partial charge >= 0.3 is 0 Å². The van der Waals surface area contributed by atoms with Crippen LogP contribution in [0.1, 0.15) is 0 Å². The van der Waals surface area contributed by atoms with E-state index in [9.17, 15) is 0 Å². The van der Waals surface area contributed by atoms with E-state index in [0.29, 0.717) is 0 Å². The van der Waals surface area contributed by atoms with Crippen LogP contribution in [0.3, 0.4) is 0 Å². The molecule has 0 aliphatic heterocycles. The molecule has 0 N–H and O–H groups in total. The zero-order chi connectivity index (χ0) is 11.7. The Morgan fingerprint density at radius 2 is 1.82 bits per heavy atom. The van der Waals surface area contributed by atoms with Crippen LogP contribution in [0.4, 0.5) is 0 Å². The average Bonchev–Trinajstić information content (AvgIpc) is 2.40. The molecule has 3 heteroatoms.